The number of rotatable bonds is 1. The highest BCUT2D eigenvalue weighted by atomic mass is 16.1. The van der Waals surface area contributed by atoms with E-state index < -0.39 is 0 Å². The van der Waals surface area contributed by atoms with Crippen LogP contribution in [-0.2, 0) is 0 Å². The van der Waals surface area contributed by atoms with Crippen LogP contribution in [0.15, 0.2) is 41.2 Å². The highest BCUT2D eigenvalue weighted by Crippen LogP contribution is 2.25. The lowest BCUT2D eigenvalue weighted by atomic mass is 10.1. The molecule has 6 nitrogen and oxygen atoms in total. The third-order valence-electron chi connectivity index (χ3n) is 3.42. The molecule has 6 heteroatoms. The van der Waals surface area contributed by atoms with Gasteiger partial charge < -0.3 is 15.0 Å². The second kappa shape index (κ2) is 4.08. The lowest BCUT2D eigenvalue weighted by molar-refractivity contribution is 1.21. The molecule has 0 unspecified atom stereocenters. The molecule has 0 aliphatic carbocycles. The molecule has 0 aliphatic heterocycles. The number of nitrogens with one attached hydrogen (secondary N) is 3. The average molecular weight is 275 g/mol. The molecule has 0 atom stereocenters. The van der Waals surface area contributed by atoms with Gasteiger partial charge in [-0.1, -0.05) is 12.1 Å². The van der Waals surface area contributed by atoms with Crippen molar-refractivity contribution in [2.75, 3.05) is 0 Å². The van der Waals surface area contributed by atoms with Gasteiger partial charge >= 0.3 is 5.69 Å². The topological polar surface area (TPSA) is 101 Å². The van der Waals surface area contributed by atoms with Crippen molar-refractivity contribution in [1.29, 1.82) is 5.26 Å². The van der Waals surface area contributed by atoms with Gasteiger partial charge in [0.1, 0.15) is 5.82 Å². The molecule has 0 fully saturated rings. The molecule has 100 valence electrons. The van der Waals surface area contributed by atoms with Gasteiger partial charge in [-0.2, -0.15) is 5.26 Å². The van der Waals surface area contributed by atoms with E-state index in [1.54, 1.807) is 12.1 Å². The molecular formula is C15H9N5O. The highest BCUT2D eigenvalue weighted by molar-refractivity contribution is 5.92. The summed E-state index contributed by atoms with van der Waals surface area (Å²) in [5, 5.41) is 9.17. The first-order valence-electron chi connectivity index (χ1n) is 6.36. The number of benzene rings is 2. The largest absolute Gasteiger partial charge is 0.338 e. The fourth-order valence-electron chi connectivity index (χ4n) is 2.45. The van der Waals surface area contributed by atoms with Crippen molar-refractivity contribution in [2.45, 2.75) is 0 Å². The van der Waals surface area contributed by atoms with E-state index in [1.165, 1.54) is 0 Å². The summed E-state index contributed by atoms with van der Waals surface area (Å²) in [5.41, 5.74) is 4.05. The number of nitriles is 1. The summed E-state index contributed by atoms with van der Waals surface area (Å²) in [7, 11) is 0. The van der Waals surface area contributed by atoms with Gasteiger partial charge in [0.2, 0.25) is 0 Å². The van der Waals surface area contributed by atoms with Crippen molar-refractivity contribution in [3.05, 3.63) is 52.4 Å². The van der Waals surface area contributed by atoms with E-state index in [1.807, 2.05) is 24.3 Å². The van der Waals surface area contributed by atoms with Crippen LogP contribution in [-0.4, -0.2) is 19.9 Å². The van der Waals surface area contributed by atoms with Gasteiger partial charge in [0.25, 0.3) is 0 Å². The van der Waals surface area contributed by atoms with Crippen molar-refractivity contribution in [2.24, 2.45) is 0 Å². The molecule has 2 aromatic heterocycles. The van der Waals surface area contributed by atoms with Gasteiger partial charge in [-0.25, -0.2) is 9.78 Å². The smallest absolute Gasteiger partial charge is 0.323 e. The van der Waals surface area contributed by atoms with E-state index in [2.05, 4.69) is 26.0 Å². The quantitative estimate of drug-likeness (QED) is 0.496. The number of H-pyrrole nitrogens is 3. The minimum Gasteiger partial charge on any atom is -0.338 e. The fraction of sp³-hybridized carbons (Fsp3) is 0. The Morgan fingerprint density at radius 3 is 2.57 bits per heavy atom. The van der Waals surface area contributed by atoms with E-state index in [9.17, 15) is 10.1 Å². The summed E-state index contributed by atoms with van der Waals surface area (Å²) in [6.07, 6.45) is 0. The second-order valence-corrected chi connectivity index (χ2v) is 4.74. The number of hydrogen-bond donors (Lipinski definition) is 3. The Balaban J connectivity index is 1.99. The summed E-state index contributed by atoms with van der Waals surface area (Å²) in [4.78, 5) is 24.4. The SMILES string of the molecule is N#Cc1ccccc1-c1nc2cc3[nH]c(=O)[nH]c3cc2[nH]1. The average Bonchev–Trinajstić information content (AvgIpc) is 3.05. The van der Waals surface area contributed by atoms with Crippen molar-refractivity contribution in [3.63, 3.8) is 0 Å². The van der Waals surface area contributed by atoms with Crippen LogP contribution in [0.1, 0.15) is 5.56 Å². The Morgan fingerprint density at radius 2 is 1.76 bits per heavy atom. The molecule has 2 heterocycles. The van der Waals surface area contributed by atoms with Gasteiger partial charge in [-0.15, -0.1) is 0 Å². The van der Waals surface area contributed by atoms with Crippen molar-refractivity contribution < 1.29 is 0 Å². The number of imidazole rings is 2. The summed E-state index contributed by atoms with van der Waals surface area (Å²) in [6.45, 7) is 0. The monoisotopic (exact) mass is 275 g/mol. The Hall–Kier alpha value is -3.33. The Bertz CT molecular complexity index is 1020. The first-order valence-corrected chi connectivity index (χ1v) is 6.36. The van der Waals surface area contributed by atoms with Gasteiger partial charge in [0, 0.05) is 5.56 Å². The molecule has 3 N–H and O–H groups in total. The first-order chi connectivity index (χ1) is 10.2. The lowest BCUT2D eigenvalue weighted by Gasteiger charge is -1.98. The van der Waals surface area contributed by atoms with Crippen LogP contribution in [0.25, 0.3) is 33.5 Å². The predicted molar refractivity (Wildman–Crippen MR) is 78.7 cm³/mol. The second-order valence-electron chi connectivity index (χ2n) is 4.74. The third-order valence-corrected chi connectivity index (χ3v) is 3.42. The molecule has 0 radical (unpaired) electrons. The molecule has 0 aliphatic rings. The van der Waals surface area contributed by atoms with Crippen LogP contribution >= 0.6 is 0 Å². The van der Waals surface area contributed by atoms with Crippen molar-refractivity contribution in [3.8, 4) is 17.5 Å². The van der Waals surface area contributed by atoms with Crippen LogP contribution < -0.4 is 5.69 Å². The zero-order valence-electron chi connectivity index (χ0n) is 10.8. The normalized spacial score (nSPS) is 11.0. The zero-order chi connectivity index (χ0) is 14.4. The molecule has 4 rings (SSSR count). The molecule has 0 saturated carbocycles. The van der Waals surface area contributed by atoms with Crippen LogP contribution in [0.3, 0.4) is 0 Å². The third kappa shape index (κ3) is 1.72. The van der Waals surface area contributed by atoms with E-state index in [0.717, 1.165) is 22.1 Å². The Morgan fingerprint density at radius 1 is 1.00 bits per heavy atom. The predicted octanol–water partition coefficient (Wildman–Crippen LogP) is 2.27. The molecule has 2 aromatic carbocycles. The molecule has 4 aromatic rings. The summed E-state index contributed by atoms with van der Waals surface area (Å²) >= 11 is 0. The van der Waals surface area contributed by atoms with E-state index >= 15 is 0 Å². The number of aromatic amines is 3. The fourth-order valence-corrected chi connectivity index (χ4v) is 2.45. The maximum absolute atomic E-state index is 11.3. The molecule has 21 heavy (non-hydrogen) atoms. The number of hydrogen-bond acceptors (Lipinski definition) is 3. The van der Waals surface area contributed by atoms with Gasteiger partial charge in [-0.05, 0) is 24.3 Å². The molecular weight excluding hydrogens is 266 g/mol. The van der Waals surface area contributed by atoms with Crippen LogP contribution in [0, 0.1) is 11.3 Å². The summed E-state index contributed by atoms with van der Waals surface area (Å²) in [5.74, 6) is 0.636. The van der Waals surface area contributed by atoms with Crippen LogP contribution in [0.2, 0.25) is 0 Å². The van der Waals surface area contributed by atoms with Gasteiger partial charge in [-0.3, -0.25) is 0 Å². The van der Waals surface area contributed by atoms with Crippen LogP contribution in [0.5, 0.6) is 0 Å². The highest BCUT2D eigenvalue weighted by Gasteiger charge is 2.10. The Kier molecular flexibility index (Phi) is 2.23. The van der Waals surface area contributed by atoms with Gasteiger partial charge in [0.15, 0.2) is 0 Å². The minimum absolute atomic E-state index is 0.243. The van der Waals surface area contributed by atoms with E-state index in [0.29, 0.717) is 16.9 Å². The summed E-state index contributed by atoms with van der Waals surface area (Å²) in [6, 6.07) is 13.1. The molecule has 0 amide bonds. The van der Waals surface area contributed by atoms with Crippen LogP contribution in [0.4, 0.5) is 0 Å². The maximum Gasteiger partial charge on any atom is 0.323 e. The molecule has 0 spiro atoms. The molecule has 0 saturated heterocycles. The molecule has 0 bridgehead atoms. The number of fused-ring (bicyclic) bond motifs is 2. The minimum atomic E-state index is -0.243. The zero-order valence-corrected chi connectivity index (χ0v) is 10.8. The Labute approximate surface area is 118 Å². The number of nitrogens with zero attached hydrogens (tertiary/aromatic N) is 2. The maximum atomic E-state index is 11.3. The van der Waals surface area contributed by atoms with E-state index in [4.69, 9.17) is 0 Å². The van der Waals surface area contributed by atoms with Crippen molar-refractivity contribution >= 4 is 22.1 Å². The standard InChI is InChI=1S/C15H9N5O/c16-7-8-3-1-2-4-9(8)14-17-10-5-12-13(6-11(10)18-14)20-15(21)19-12/h1-6H,(H,17,18)(H2,19,20,21). The first kappa shape index (κ1) is 11.5. The van der Waals surface area contributed by atoms with E-state index in [-0.39, 0.29) is 5.69 Å². The van der Waals surface area contributed by atoms with Gasteiger partial charge in [0.05, 0.1) is 33.7 Å². The number of aromatic nitrogens is 4. The van der Waals surface area contributed by atoms with Crippen molar-refractivity contribution in [1.82, 2.24) is 19.9 Å². The summed E-state index contributed by atoms with van der Waals surface area (Å²) < 4.78 is 0. The lowest BCUT2D eigenvalue weighted by Crippen LogP contribution is -1.99.